The van der Waals surface area contributed by atoms with Gasteiger partial charge in [0.05, 0.1) is 5.75 Å². The Bertz CT molecular complexity index is 375. The van der Waals surface area contributed by atoms with Crippen molar-refractivity contribution < 1.29 is 4.79 Å². The fourth-order valence-corrected chi connectivity index (χ4v) is 4.43. The summed E-state index contributed by atoms with van der Waals surface area (Å²) >= 11 is 4.71. The molecule has 1 aromatic heterocycles. The van der Waals surface area contributed by atoms with Crippen LogP contribution in [0.3, 0.4) is 0 Å². The number of aromatic nitrogens is 2. The van der Waals surface area contributed by atoms with Crippen molar-refractivity contribution in [3.05, 3.63) is 0 Å². The highest BCUT2D eigenvalue weighted by Gasteiger charge is 2.21. The summed E-state index contributed by atoms with van der Waals surface area (Å²) < 4.78 is 1.89. The van der Waals surface area contributed by atoms with Crippen molar-refractivity contribution in [3.8, 4) is 0 Å². The lowest BCUT2D eigenvalue weighted by Gasteiger charge is -2.19. The SMILES string of the molecule is CSc1nnc(SCC(=O)C2CCCCC2)s1. The normalized spacial score (nSPS) is 17.2. The molecule has 0 unspecified atom stereocenters. The van der Waals surface area contributed by atoms with Crippen LogP contribution >= 0.6 is 34.9 Å². The largest absolute Gasteiger partial charge is 0.298 e. The van der Waals surface area contributed by atoms with Gasteiger partial charge in [0.25, 0.3) is 0 Å². The summed E-state index contributed by atoms with van der Waals surface area (Å²) in [4.78, 5) is 12.0. The monoisotopic (exact) mass is 288 g/mol. The van der Waals surface area contributed by atoms with E-state index in [1.807, 2.05) is 6.26 Å². The molecule has 1 aliphatic rings. The molecule has 1 aromatic rings. The Kier molecular flexibility index (Phi) is 5.31. The first-order valence-electron chi connectivity index (χ1n) is 5.82. The van der Waals surface area contributed by atoms with E-state index in [-0.39, 0.29) is 0 Å². The standard InChI is InChI=1S/C11H16N2OS3/c1-15-10-12-13-11(17-10)16-7-9(14)8-5-3-2-4-6-8/h8H,2-7H2,1H3. The quantitative estimate of drug-likeness (QED) is 0.776. The van der Waals surface area contributed by atoms with E-state index in [1.165, 1.54) is 19.3 Å². The molecule has 3 nitrogen and oxygen atoms in total. The highest BCUT2D eigenvalue weighted by molar-refractivity contribution is 8.03. The van der Waals surface area contributed by atoms with Crippen molar-refractivity contribution in [1.82, 2.24) is 10.2 Å². The molecule has 0 atom stereocenters. The van der Waals surface area contributed by atoms with Gasteiger partial charge in [0, 0.05) is 5.92 Å². The zero-order valence-corrected chi connectivity index (χ0v) is 12.3. The van der Waals surface area contributed by atoms with Crippen molar-refractivity contribution >= 4 is 40.6 Å². The van der Waals surface area contributed by atoms with E-state index < -0.39 is 0 Å². The van der Waals surface area contributed by atoms with E-state index in [0.29, 0.717) is 17.5 Å². The molecule has 0 N–H and O–H groups in total. The minimum atomic E-state index is 0.309. The number of nitrogens with zero attached hydrogens (tertiary/aromatic N) is 2. The highest BCUT2D eigenvalue weighted by Crippen LogP contribution is 2.30. The molecule has 0 radical (unpaired) electrons. The van der Waals surface area contributed by atoms with Gasteiger partial charge in [0.15, 0.2) is 8.68 Å². The molecule has 6 heteroatoms. The minimum Gasteiger partial charge on any atom is -0.298 e. The molecule has 94 valence electrons. The molecule has 0 spiro atoms. The molecule has 1 saturated carbocycles. The Hall–Kier alpha value is -0.0700. The summed E-state index contributed by atoms with van der Waals surface area (Å²) in [5.74, 6) is 1.27. The van der Waals surface area contributed by atoms with Crippen LogP contribution in [-0.2, 0) is 4.79 Å². The second kappa shape index (κ2) is 6.75. The fourth-order valence-electron chi connectivity index (χ4n) is 2.01. The van der Waals surface area contributed by atoms with Crippen molar-refractivity contribution in [1.29, 1.82) is 0 Å². The Morgan fingerprint density at radius 1 is 1.29 bits per heavy atom. The van der Waals surface area contributed by atoms with E-state index in [9.17, 15) is 4.79 Å². The van der Waals surface area contributed by atoms with Crippen LogP contribution in [0.4, 0.5) is 0 Å². The Morgan fingerprint density at radius 2 is 2.00 bits per heavy atom. The van der Waals surface area contributed by atoms with Crippen LogP contribution in [0.5, 0.6) is 0 Å². The number of carbonyl (C=O) groups is 1. The Labute approximate surface area is 114 Å². The van der Waals surface area contributed by atoms with E-state index >= 15 is 0 Å². The number of thioether (sulfide) groups is 2. The number of ketones is 1. The van der Waals surface area contributed by atoms with Crippen LogP contribution in [0.1, 0.15) is 32.1 Å². The number of carbonyl (C=O) groups excluding carboxylic acids is 1. The molecule has 17 heavy (non-hydrogen) atoms. The predicted molar refractivity (Wildman–Crippen MR) is 74.0 cm³/mol. The minimum absolute atomic E-state index is 0.309. The van der Waals surface area contributed by atoms with Crippen molar-refractivity contribution in [2.75, 3.05) is 12.0 Å². The maximum Gasteiger partial charge on any atom is 0.175 e. The van der Waals surface area contributed by atoms with Gasteiger partial charge >= 0.3 is 0 Å². The van der Waals surface area contributed by atoms with Crippen molar-refractivity contribution in [2.45, 2.75) is 40.8 Å². The maximum atomic E-state index is 12.0. The molecule has 1 aliphatic carbocycles. The first-order chi connectivity index (χ1) is 8.29. The first kappa shape index (κ1) is 13.4. The average Bonchev–Trinajstić information content (AvgIpc) is 2.85. The van der Waals surface area contributed by atoms with Crippen LogP contribution in [0.25, 0.3) is 0 Å². The van der Waals surface area contributed by atoms with Gasteiger partial charge in [-0.3, -0.25) is 4.79 Å². The maximum absolute atomic E-state index is 12.0. The summed E-state index contributed by atoms with van der Waals surface area (Å²) in [6, 6.07) is 0. The summed E-state index contributed by atoms with van der Waals surface area (Å²) in [6.45, 7) is 0. The second-order valence-electron chi connectivity index (χ2n) is 4.13. The smallest absolute Gasteiger partial charge is 0.175 e. The zero-order chi connectivity index (χ0) is 12.1. The van der Waals surface area contributed by atoms with E-state index in [0.717, 1.165) is 21.5 Å². The van der Waals surface area contributed by atoms with Gasteiger partial charge in [0.1, 0.15) is 5.78 Å². The molecular weight excluding hydrogens is 272 g/mol. The molecule has 0 saturated heterocycles. The zero-order valence-electron chi connectivity index (χ0n) is 9.85. The van der Waals surface area contributed by atoms with Crippen molar-refractivity contribution in [2.24, 2.45) is 5.92 Å². The van der Waals surface area contributed by atoms with E-state index in [4.69, 9.17) is 0 Å². The van der Waals surface area contributed by atoms with Gasteiger partial charge in [0.2, 0.25) is 0 Å². The lowest BCUT2D eigenvalue weighted by atomic mass is 9.87. The van der Waals surface area contributed by atoms with Gasteiger partial charge in [-0.2, -0.15) is 0 Å². The van der Waals surface area contributed by atoms with Crippen molar-refractivity contribution in [3.63, 3.8) is 0 Å². The number of Topliss-reactive ketones (excluding diaryl/α,β-unsaturated/α-hetero) is 1. The third-order valence-corrected chi connectivity index (χ3v) is 6.02. The van der Waals surface area contributed by atoms with Crippen LogP contribution < -0.4 is 0 Å². The molecular formula is C11H16N2OS3. The highest BCUT2D eigenvalue weighted by atomic mass is 32.2. The summed E-state index contributed by atoms with van der Waals surface area (Å²) in [6.07, 6.45) is 7.90. The summed E-state index contributed by atoms with van der Waals surface area (Å²) in [7, 11) is 0. The van der Waals surface area contributed by atoms with Crippen LogP contribution in [0.2, 0.25) is 0 Å². The summed E-state index contributed by atoms with van der Waals surface area (Å²) in [5, 5.41) is 8.09. The lowest BCUT2D eigenvalue weighted by molar-refractivity contribution is -0.121. The third kappa shape index (κ3) is 3.96. The Balaban J connectivity index is 1.78. The topological polar surface area (TPSA) is 42.9 Å². The third-order valence-electron chi connectivity index (χ3n) is 2.96. The van der Waals surface area contributed by atoms with Crippen LogP contribution in [0.15, 0.2) is 8.68 Å². The van der Waals surface area contributed by atoms with Gasteiger partial charge in [-0.05, 0) is 19.1 Å². The van der Waals surface area contributed by atoms with Gasteiger partial charge in [-0.15, -0.1) is 10.2 Å². The lowest BCUT2D eigenvalue weighted by Crippen LogP contribution is -2.19. The number of rotatable bonds is 5. The van der Waals surface area contributed by atoms with Crippen LogP contribution in [-0.4, -0.2) is 28.0 Å². The van der Waals surface area contributed by atoms with Gasteiger partial charge in [-0.1, -0.05) is 54.1 Å². The van der Waals surface area contributed by atoms with Gasteiger partial charge < -0.3 is 0 Å². The molecule has 1 fully saturated rings. The Morgan fingerprint density at radius 3 is 2.65 bits per heavy atom. The number of hydrogen-bond donors (Lipinski definition) is 0. The van der Waals surface area contributed by atoms with Gasteiger partial charge in [-0.25, -0.2) is 0 Å². The fraction of sp³-hybridized carbons (Fsp3) is 0.727. The van der Waals surface area contributed by atoms with E-state index in [2.05, 4.69) is 10.2 Å². The average molecular weight is 288 g/mol. The van der Waals surface area contributed by atoms with E-state index in [1.54, 1.807) is 34.9 Å². The predicted octanol–water partition coefficient (Wildman–Crippen LogP) is 3.50. The molecule has 0 amide bonds. The molecule has 0 aromatic carbocycles. The molecule has 1 heterocycles. The first-order valence-corrected chi connectivity index (χ1v) is 8.85. The molecule has 0 aliphatic heterocycles. The molecule has 2 rings (SSSR count). The molecule has 0 bridgehead atoms. The second-order valence-corrected chi connectivity index (χ2v) is 7.38. The summed E-state index contributed by atoms with van der Waals surface area (Å²) in [5.41, 5.74) is 0. The number of hydrogen-bond acceptors (Lipinski definition) is 6. The van der Waals surface area contributed by atoms with Crippen LogP contribution in [0, 0.1) is 5.92 Å².